The van der Waals surface area contributed by atoms with E-state index in [0.717, 1.165) is 18.9 Å². The van der Waals surface area contributed by atoms with E-state index < -0.39 is 17.8 Å². The summed E-state index contributed by atoms with van der Waals surface area (Å²) < 4.78 is 41.3. The number of carbonyl (C=O) groups is 1. The van der Waals surface area contributed by atoms with Crippen LogP contribution in [0.5, 0.6) is 0 Å². The van der Waals surface area contributed by atoms with Gasteiger partial charge in [-0.15, -0.1) is 0 Å². The number of hydrogen-bond donors (Lipinski definition) is 1. The van der Waals surface area contributed by atoms with Crippen LogP contribution in [-0.4, -0.2) is 27.0 Å². The zero-order valence-electron chi connectivity index (χ0n) is 14.3. The van der Waals surface area contributed by atoms with Crippen LogP contribution in [0.25, 0.3) is 16.9 Å². The van der Waals surface area contributed by atoms with E-state index in [0.29, 0.717) is 16.6 Å². The van der Waals surface area contributed by atoms with Crippen LogP contribution in [0.15, 0.2) is 36.4 Å². The third-order valence-electron chi connectivity index (χ3n) is 3.92. The van der Waals surface area contributed by atoms with Crippen LogP contribution < -0.4 is 5.32 Å². The number of unbranched alkanes of at least 4 members (excludes halogenated alkanes) is 1. The number of aromatic nitrogens is 3. The van der Waals surface area contributed by atoms with Crippen LogP contribution in [0.4, 0.5) is 13.2 Å². The summed E-state index contributed by atoms with van der Waals surface area (Å²) in [6.45, 7) is 2.34. The van der Waals surface area contributed by atoms with Gasteiger partial charge in [0.1, 0.15) is 5.02 Å². The maximum absolute atomic E-state index is 13.6. The molecule has 1 aromatic carbocycles. The van der Waals surface area contributed by atoms with Gasteiger partial charge in [-0.05, 0) is 12.5 Å². The fraction of sp³-hybridized carbons (Fsp3) is 0.278. The third-order valence-corrected chi connectivity index (χ3v) is 4.27. The van der Waals surface area contributed by atoms with Gasteiger partial charge in [-0.2, -0.15) is 18.3 Å². The molecule has 0 aliphatic heterocycles. The number of rotatable bonds is 5. The maximum atomic E-state index is 13.6. The first-order chi connectivity index (χ1) is 12.8. The van der Waals surface area contributed by atoms with Gasteiger partial charge in [-0.1, -0.05) is 55.3 Å². The quantitative estimate of drug-likeness (QED) is 0.641. The number of carbonyl (C=O) groups excluding carboxylic acids is 1. The summed E-state index contributed by atoms with van der Waals surface area (Å²) in [6, 6.07) is 9.31. The Kier molecular flexibility index (Phi) is 5.36. The molecule has 0 fully saturated rings. The van der Waals surface area contributed by atoms with Crippen molar-refractivity contribution < 1.29 is 18.0 Å². The molecule has 5 nitrogen and oxygen atoms in total. The summed E-state index contributed by atoms with van der Waals surface area (Å²) in [5, 5.41) is 6.16. The molecule has 0 bridgehead atoms. The molecular formula is C18H16ClF3N4O. The van der Waals surface area contributed by atoms with E-state index >= 15 is 0 Å². The Labute approximate surface area is 158 Å². The highest BCUT2D eigenvalue weighted by molar-refractivity contribution is 6.36. The van der Waals surface area contributed by atoms with Crippen molar-refractivity contribution in [1.82, 2.24) is 19.9 Å². The monoisotopic (exact) mass is 396 g/mol. The summed E-state index contributed by atoms with van der Waals surface area (Å²) in [7, 11) is 0. The van der Waals surface area contributed by atoms with E-state index in [1.807, 2.05) is 6.92 Å². The van der Waals surface area contributed by atoms with Crippen molar-refractivity contribution in [3.05, 3.63) is 52.8 Å². The smallest absolute Gasteiger partial charge is 0.351 e. The molecule has 2 heterocycles. The number of fused-ring (bicyclic) bond motifs is 1. The van der Waals surface area contributed by atoms with Crippen LogP contribution in [0.3, 0.4) is 0 Å². The zero-order chi connectivity index (χ0) is 19.6. The molecule has 3 rings (SSSR count). The Bertz CT molecular complexity index is 970. The second kappa shape index (κ2) is 7.56. The minimum absolute atomic E-state index is 0.0927. The van der Waals surface area contributed by atoms with Gasteiger partial charge in [-0.3, -0.25) is 4.79 Å². The first-order valence-corrected chi connectivity index (χ1v) is 8.70. The summed E-state index contributed by atoms with van der Waals surface area (Å²) in [6.07, 6.45) is -3.10. The summed E-state index contributed by atoms with van der Waals surface area (Å²) >= 11 is 6.17. The van der Waals surface area contributed by atoms with Gasteiger partial charge in [-0.25, -0.2) is 9.50 Å². The van der Waals surface area contributed by atoms with Crippen molar-refractivity contribution in [2.24, 2.45) is 0 Å². The highest BCUT2D eigenvalue weighted by Gasteiger charge is 2.36. The number of halogens is 4. The molecule has 142 valence electrons. The minimum Gasteiger partial charge on any atom is -0.351 e. The molecule has 0 atom stereocenters. The van der Waals surface area contributed by atoms with Gasteiger partial charge >= 0.3 is 6.18 Å². The first-order valence-electron chi connectivity index (χ1n) is 8.33. The number of amides is 1. The van der Waals surface area contributed by atoms with E-state index in [4.69, 9.17) is 11.6 Å². The van der Waals surface area contributed by atoms with Crippen molar-refractivity contribution in [3.8, 4) is 11.3 Å². The lowest BCUT2D eigenvalue weighted by molar-refractivity contribution is -0.142. The molecule has 0 spiro atoms. The van der Waals surface area contributed by atoms with Gasteiger partial charge in [0.05, 0.1) is 5.69 Å². The SMILES string of the molecule is CCCCNC(=O)c1nn2c(C(F)(F)F)cc(-c3ccccc3)nc2c1Cl. The Hall–Kier alpha value is -2.61. The number of benzene rings is 1. The largest absolute Gasteiger partial charge is 0.433 e. The molecule has 1 N–H and O–H groups in total. The molecule has 27 heavy (non-hydrogen) atoms. The van der Waals surface area contributed by atoms with Crippen molar-refractivity contribution in [2.45, 2.75) is 25.9 Å². The number of alkyl halides is 3. The second-order valence-electron chi connectivity index (χ2n) is 5.90. The van der Waals surface area contributed by atoms with Gasteiger partial charge < -0.3 is 5.32 Å². The summed E-state index contributed by atoms with van der Waals surface area (Å²) in [5.41, 5.74) is -0.963. The fourth-order valence-corrected chi connectivity index (χ4v) is 2.80. The van der Waals surface area contributed by atoms with E-state index in [1.54, 1.807) is 30.3 Å². The highest BCUT2D eigenvalue weighted by Crippen LogP contribution is 2.34. The predicted octanol–water partition coefficient (Wildman–Crippen LogP) is 4.60. The van der Waals surface area contributed by atoms with E-state index in [9.17, 15) is 18.0 Å². The van der Waals surface area contributed by atoms with Gasteiger partial charge in [0, 0.05) is 12.1 Å². The van der Waals surface area contributed by atoms with Crippen LogP contribution in [0.1, 0.15) is 35.9 Å². The third kappa shape index (κ3) is 3.90. The molecule has 0 aliphatic rings. The van der Waals surface area contributed by atoms with Crippen LogP contribution in [0.2, 0.25) is 5.02 Å². The molecule has 0 saturated heterocycles. The molecule has 0 saturated carbocycles. The zero-order valence-corrected chi connectivity index (χ0v) is 15.1. The number of hydrogen-bond acceptors (Lipinski definition) is 3. The van der Waals surface area contributed by atoms with Crippen LogP contribution >= 0.6 is 11.6 Å². The molecule has 2 aromatic heterocycles. The lowest BCUT2D eigenvalue weighted by atomic mass is 10.1. The van der Waals surface area contributed by atoms with Crippen molar-refractivity contribution in [3.63, 3.8) is 0 Å². The lowest BCUT2D eigenvalue weighted by Crippen LogP contribution is -2.25. The molecule has 9 heteroatoms. The Balaban J connectivity index is 2.16. The minimum atomic E-state index is -4.70. The summed E-state index contributed by atoms with van der Waals surface area (Å²) in [4.78, 5) is 16.5. The molecule has 0 aliphatic carbocycles. The van der Waals surface area contributed by atoms with E-state index in [2.05, 4.69) is 15.4 Å². The predicted molar refractivity (Wildman–Crippen MR) is 95.7 cm³/mol. The number of nitrogens with zero attached hydrogens (tertiary/aromatic N) is 3. The average molecular weight is 397 g/mol. The first kappa shape index (κ1) is 19.2. The van der Waals surface area contributed by atoms with Gasteiger partial charge in [0.15, 0.2) is 17.0 Å². The van der Waals surface area contributed by atoms with Crippen molar-refractivity contribution in [2.75, 3.05) is 6.54 Å². The van der Waals surface area contributed by atoms with Gasteiger partial charge in [0.25, 0.3) is 5.91 Å². The molecule has 0 radical (unpaired) electrons. The molecule has 3 aromatic rings. The maximum Gasteiger partial charge on any atom is 0.433 e. The Morgan fingerprint density at radius 3 is 2.59 bits per heavy atom. The van der Waals surface area contributed by atoms with Crippen LogP contribution in [-0.2, 0) is 6.18 Å². The lowest BCUT2D eigenvalue weighted by Gasteiger charge is -2.11. The fourth-order valence-electron chi connectivity index (χ4n) is 2.56. The standard InChI is InChI=1S/C18H16ClF3N4O/c1-2-3-9-23-17(27)15-14(19)16-24-12(11-7-5-4-6-8-11)10-13(18(20,21)22)26(16)25-15/h4-8,10H,2-3,9H2,1H3,(H,23,27). The second-order valence-corrected chi connectivity index (χ2v) is 6.28. The topological polar surface area (TPSA) is 59.3 Å². The average Bonchev–Trinajstić information content (AvgIpc) is 2.98. The molecule has 0 unspecified atom stereocenters. The summed E-state index contributed by atoms with van der Waals surface area (Å²) in [5.74, 6) is -0.631. The van der Waals surface area contributed by atoms with E-state index in [-0.39, 0.29) is 22.1 Å². The Morgan fingerprint density at radius 2 is 1.96 bits per heavy atom. The van der Waals surface area contributed by atoms with Crippen molar-refractivity contribution >= 4 is 23.2 Å². The molecular weight excluding hydrogens is 381 g/mol. The normalized spacial score (nSPS) is 11.7. The highest BCUT2D eigenvalue weighted by atomic mass is 35.5. The van der Waals surface area contributed by atoms with Gasteiger partial charge in [0.2, 0.25) is 0 Å². The Morgan fingerprint density at radius 1 is 1.26 bits per heavy atom. The van der Waals surface area contributed by atoms with Crippen molar-refractivity contribution in [1.29, 1.82) is 0 Å². The molecule has 1 amide bonds. The van der Waals surface area contributed by atoms with E-state index in [1.165, 1.54) is 0 Å². The van der Waals surface area contributed by atoms with Crippen LogP contribution in [0, 0.1) is 0 Å². The number of nitrogens with one attached hydrogen (secondary N) is 1.